The molecule has 2 heteroatoms. The van der Waals surface area contributed by atoms with E-state index in [-0.39, 0.29) is 5.72 Å². The van der Waals surface area contributed by atoms with Crippen molar-refractivity contribution in [3.63, 3.8) is 0 Å². The molecule has 12 heavy (non-hydrogen) atoms. The van der Waals surface area contributed by atoms with Gasteiger partial charge in [0.1, 0.15) is 0 Å². The zero-order valence-electron chi connectivity index (χ0n) is 8.29. The van der Waals surface area contributed by atoms with E-state index in [0.29, 0.717) is 5.92 Å². The molecule has 1 rings (SSSR count). The molecule has 0 N–H and O–H groups in total. The highest BCUT2D eigenvalue weighted by molar-refractivity contribution is 6.35. The highest BCUT2D eigenvalue weighted by Gasteiger charge is 2.28. The van der Waals surface area contributed by atoms with Crippen molar-refractivity contribution >= 4 is 15.7 Å². The highest BCUT2D eigenvalue weighted by Crippen LogP contribution is 2.39. The van der Waals surface area contributed by atoms with Crippen molar-refractivity contribution in [2.45, 2.75) is 45.2 Å². The lowest BCUT2D eigenvalue weighted by molar-refractivity contribution is 0.336. The van der Waals surface area contributed by atoms with Gasteiger partial charge in [-0.2, -0.15) is 0 Å². The molecule has 0 nitrogen and oxygen atoms in total. The van der Waals surface area contributed by atoms with Crippen LogP contribution < -0.4 is 0 Å². The van der Waals surface area contributed by atoms with E-state index in [1.54, 1.807) is 0 Å². The number of hydrogen-bond donors (Lipinski definition) is 0. The molecular weight excluding hydrogens is 142 g/mol. The molecule has 0 aliphatic heterocycles. The minimum atomic E-state index is -0.106. The zero-order chi connectivity index (χ0) is 9.14. The first-order valence-corrected chi connectivity index (χ1v) is 5.16. The van der Waals surface area contributed by atoms with E-state index in [1.807, 2.05) is 0 Å². The van der Waals surface area contributed by atoms with Gasteiger partial charge in [-0.3, -0.25) is 0 Å². The molecule has 1 aliphatic carbocycles. The topological polar surface area (TPSA) is 0 Å². The summed E-state index contributed by atoms with van der Waals surface area (Å²) in [6.07, 6.45) is 5.18. The predicted molar refractivity (Wildman–Crippen MR) is 55.5 cm³/mol. The summed E-state index contributed by atoms with van der Waals surface area (Å²) < 4.78 is 0. The van der Waals surface area contributed by atoms with Gasteiger partial charge in [-0.1, -0.05) is 32.6 Å². The van der Waals surface area contributed by atoms with Crippen molar-refractivity contribution < 1.29 is 0 Å². The van der Waals surface area contributed by atoms with Crippen LogP contribution in [0.5, 0.6) is 0 Å². The molecule has 1 saturated carbocycles. The molecule has 0 spiro atoms. The Morgan fingerprint density at radius 3 is 2.33 bits per heavy atom. The molecule has 0 amide bonds. The van der Waals surface area contributed by atoms with Crippen molar-refractivity contribution in [3.05, 3.63) is 0 Å². The fraction of sp³-hybridized carbons (Fsp3) is 1.00. The molecule has 1 fully saturated rings. The van der Waals surface area contributed by atoms with E-state index in [0.717, 1.165) is 18.3 Å². The van der Waals surface area contributed by atoms with Gasteiger partial charge in [-0.05, 0) is 24.7 Å². The largest absolute Gasteiger partial charge is 0.107 e. The van der Waals surface area contributed by atoms with E-state index >= 15 is 0 Å². The van der Waals surface area contributed by atoms with Crippen LogP contribution in [0.4, 0.5) is 0 Å². The Bertz CT molecular complexity index is 134. The average Bonchev–Trinajstić information content (AvgIpc) is 2.37. The van der Waals surface area contributed by atoms with Crippen LogP contribution >= 0.6 is 0 Å². The van der Waals surface area contributed by atoms with Crippen LogP contribution in [-0.2, 0) is 0 Å². The van der Waals surface area contributed by atoms with Crippen LogP contribution in [0, 0.1) is 17.8 Å². The summed E-state index contributed by atoms with van der Waals surface area (Å²) in [5.41, 5.74) is -0.106. The zero-order valence-corrected chi connectivity index (χ0v) is 8.29. The average molecular weight is 160 g/mol. The molecule has 0 aromatic carbocycles. The Morgan fingerprint density at radius 1 is 1.33 bits per heavy atom. The monoisotopic (exact) mass is 160 g/mol. The predicted octanol–water partition coefficient (Wildman–Crippen LogP) is 2.53. The van der Waals surface area contributed by atoms with E-state index in [1.165, 1.54) is 19.3 Å². The van der Waals surface area contributed by atoms with Gasteiger partial charge in [-0.25, -0.2) is 0 Å². The summed E-state index contributed by atoms with van der Waals surface area (Å²) in [4.78, 5) is 0. The third-order valence-electron chi connectivity index (χ3n) is 3.31. The number of rotatable bonds is 3. The van der Waals surface area contributed by atoms with Crippen LogP contribution in [0.25, 0.3) is 0 Å². The second-order valence-electron chi connectivity index (χ2n) is 4.33. The van der Waals surface area contributed by atoms with Crippen LogP contribution in [0.1, 0.15) is 39.5 Å². The molecule has 1 aliphatic rings. The summed E-state index contributed by atoms with van der Waals surface area (Å²) in [7, 11) is 11.5. The van der Waals surface area contributed by atoms with Crippen molar-refractivity contribution in [1.82, 2.24) is 0 Å². The van der Waals surface area contributed by atoms with Crippen LogP contribution in [0.15, 0.2) is 0 Å². The standard InChI is InChI=1S/C10H18B2/c1-3-9(10(11)12)8-5-4-7(2)6-8/h7-10H,3-6H2,1-2H3. The Balaban J connectivity index is 2.44. The minimum absolute atomic E-state index is 0.106. The van der Waals surface area contributed by atoms with Crippen molar-refractivity contribution in [3.8, 4) is 0 Å². The van der Waals surface area contributed by atoms with Crippen molar-refractivity contribution in [2.75, 3.05) is 0 Å². The minimum Gasteiger partial charge on any atom is -0.107 e. The molecule has 0 saturated heterocycles. The van der Waals surface area contributed by atoms with Crippen LogP contribution in [0.2, 0.25) is 5.72 Å². The Kier molecular flexibility index (Phi) is 3.74. The van der Waals surface area contributed by atoms with Gasteiger partial charge in [0.15, 0.2) is 0 Å². The molecule has 4 radical (unpaired) electrons. The van der Waals surface area contributed by atoms with Gasteiger partial charge in [0.25, 0.3) is 0 Å². The highest BCUT2D eigenvalue weighted by atomic mass is 14.3. The second-order valence-corrected chi connectivity index (χ2v) is 4.33. The van der Waals surface area contributed by atoms with E-state index in [4.69, 9.17) is 15.7 Å². The van der Waals surface area contributed by atoms with Gasteiger partial charge in [0.05, 0.1) is 15.7 Å². The third-order valence-corrected chi connectivity index (χ3v) is 3.31. The molecule has 0 aromatic rings. The van der Waals surface area contributed by atoms with Gasteiger partial charge >= 0.3 is 0 Å². The molecule has 0 bridgehead atoms. The fourth-order valence-corrected chi connectivity index (χ4v) is 2.56. The first-order chi connectivity index (χ1) is 5.65. The summed E-state index contributed by atoms with van der Waals surface area (Å²) in [5.74, 6) is 2.24. The maximum atomic E-state index is 5.75. The second kappa shape index (κ2) is 4.39. The first-order valence-electron chi connectivity index (χ1n) is 5.16. The first kappa shape index (κ1) is 10.2. The molecule has 0 heterocycles. The number of hydrogen-bond acceptors (Lipinski definition) is 0. The van der Waals surface area contributed by atoms with E-state index in [9.17, 15) is 0 Å². The quantitative estimate of drug-likeness (QED) is 0.556. The molecule has 64 valence electrons. The maximum Gasteiger partial charge on any atom is 0.0579 e. The van der Waals surface area contributed by atoms with Gasteiger partial charge < -0.3 is 0 Å². The van der Waals surface area contributed by atoms with E-state index < -0.39 is 0 Å². The molecular formula is C10H18B2. The van der Waals surface area contributed by atoms with Crippen LogP contribution in [0.3, 0.4) is 0 Å². The van der Waals surface area contributed by atoms with Gasteiger partial charge in [-0.15, -0.1) is 5.72 Å². The van der Waals surface area contributed by atoms with Crippen molar-refractivity contribution in [1.29, 1.82) is 0 Å². The molecule has 3 atom stereocenters. The van der Waals surface area contributed by atoms with Crippen LogP contribution in [-0.4, -0.2) is 15.7 Å². The van der Waals surface area contributed by atoms with Crippen molar-refractivity contribution in [2.24, 2.45) is 17.8 Å². The molecule has 3 unspecified atom stereocenters. The Labute approximate surface area is 79.3 Å². The lowest BCUT2D eigenvalue weighted by atomic mass is 9.59. The van der Waals surface area contributed by atoms with Gasteiger partial charge in [0.2, 0.25) is 0 Å². The summed E-state index contributed by atoms with van der Waals surface area (Å²) in [5, 5.41) is 0. The fourth-order valence-electron chi connectivity index (χ4n) is 2.56. The summed E-state index contributed by atoms with van der Waals surface area (Å²) in [6.45, 7) is 4.52. The lowest BCUT2D eigenvalue weighted by Gasteiger charge is -2.26. The summed E-state index contributed by atoms with van der Waals surface area (Å²) >= 11 is 0. The third kappa shape index (κ3) is 2.31. The van der Waals surface area contributed by atoms with E-state index in [2.05, 4.69) is 13.8 Å². The maximum absolute atomic E-state index is 5.75. The normalized spacial score (nSPS) is 32.6. The Hall–Kier alpha value is 0.130. The van der Waals surface area contributed by atoms with Gasteiger partial charge in [0, 0.05) is 0 Å². The Morgan fingerprint density at radius 2 is 2.00 bits per heavy atom. The lowest BCUT2D eigenvalue weighted by Crippen LogP contribution is -2.17. The summed E-state index contributed by atoms with van der Waals surface area (Å²) in [6, 6.07) is 0. The smallest absolute Gasteiger partial charge is 0.0579 e. The SMILES string of the molecule is [B]C([B])C(CC)C1CCC(C)C1. The molecule has 0 aromatic heterocycles.